The second-order valence-electron chi connectivity index (χ2n) is 9.54. The summed E-state index contributed by atoms with van der Waals surface area (Å²) in [6, 6.07) is 19.4. The van der Waals surface area contributed by atoms with Gasteiger partial charge in [0.15, 0.2) is 0 Å². The Morgan fingerprint density at radius 1 is 0.714 bits per heavy atom. The van der Waals surface area contributed by atoms with Crippen LogP contribution in [0.5, 0.6) is 0 Å². The van der Waals surface area contributed by atoms with E-state index in [1.807, 2.05) is 43.3 Å². The molecule has 2 fully saturated rings. The zero-order valence-electron chi connectivity index (χ0n) is 20.0. The minimum Gasteiger partial charge on any atom is -0.377 e. The lowest BCUT2D eigenvalue weighted by atomic mass is 10.1. The molecule has 35 heavy (non-hydrogen) atoms. The highest BCUT2D eigenvalue weighted by Gasteiger charge is 2.44. The molecule has 0 N–H and O–H groups in total. The Morgan fingerprint density at radius 3 is 1.94 bits per heavy atom. The second kappa shape index (κ2) is 9.20. The molecule has 1 saturated heterocycles. The first kappa shape index (κ1) is 24.2. The lowest BCUT2D eigenvalue weighted by Gasteiger charge is -2.37. The van der Waals surface area contributed by atoms with Crippen molar-refractivity contribution in [3.8, 4) is 0 Å². The Balaban J connectivity index is 1.40. The molecule has 1 heterocycles. The Hall–Kier alpha value is -2.46. The van der Waals surface area contributed by atoms with Crippen molar-refractivity contribution in [2.75, 3.05) is 32.1 Å². The quantitative estimate of drug-likeness (QED) is 0.479. The van der Waals surface area contributed by atoms with Gasteiger partial charge in [-0.05, 0) is 49.9 Å². The van der Waals surface area contributed by atoms with Crippen LogP contribution in [0.2, 0.25) is 0 Å². The van der Waals surface area contributed by atoms with E-state index in [1.54, 1.807) is 46.8 Å². The summed E-state index contributed by atoms with van der Waals surface area (Å²) in [6.45, 7) is 0.592. The largest absolute Gasteiger partial charge is 0.377 e. The van der Waals surface area contributed by atoms with Crippen molar-refractivity contribution < 1.29 is 16.8 Å². The molecule has 1 aliphatic carbocycles. The van der Waals surface area contributed by atoms with Crippen LogP contribution in [0.3, 0.4) is 0 Å². The third-order valence-corrected chi connectivity index (χ3v) is 10.9. The first-order valence-corrected chi connectivity index (χ1v) is 14.9. The highest BCUT2D eigenvalue weighted by molar-refractivity contribution is 7.89. The monoisotopic (exact) mass is 513 g/mol. The maximum atomic E-state index is 13.7. The average Bonchev–Trinajstić information content (AvgIpc) is 3.69. The fourth-order valence-corrected chi connectivity index (χ4v) is 8.72. The Bertz CT molecular complexity index is 1430. The predicted octanol–water partition coefficient (Wildman–Crippen LogP) is 3.91. The third kappa shape index (κ3) is 4.46. The van der Waals surface area contributed by atoms with Crippen LogP contribution in [0.1, 0.15) is 25.7 Å². The summed E-state index contributed by atoms with van der Waals surface area (Å²) in [4.78, 5) is 2.58. The van der Waals surface area contributed by atoms with Crippen molar-refractivity contribution in [1.82, 2.24) is 8.61 Å². The molecule has 1 saturated carbocycles. The highest BCUT2D eigenvalue weighted by atomic mass is 32.2. The molecule has 7 nitrogen and oxygen atoms in total. The van der Waals surface area contributed by atoms with Gasteiger partial charge in [0.1, 0.15) is 0 Å². The molecule has 5 rings (SSSR count). The summed E-state index contributed by atoms with van der Waals surface area (Å²) in [7, 11) is -3.47. The molecule has 186 valence electrons. The van der Waals surface area contributed by atoms with Gasteiger partial charge in [0.25, 0.3) is 0 Å². The Kier molecular flexibility index (Phi) is 6.37. The first-order chi connectivity index (χ1) is 16.7. The Labute approximate surface area is 208 Å². The van der Waals surface area contributed by atoms with Crippen LogP contribution >= 0.6 is 0 Å². The van der Waals surface area contributed by atoms with Gasteiger partial charge in [-0.1, -0.05) is 42.5 Å². The fourth-order valence-electron chi connectivity index (χ4n) is 5.09. The molecule has 1 aliphatic heterocycles. The average molecular weight is 514 g/mol. The number of benzene rings is 3. The minimum absolute atomic E-state index is 0.0101. The fraction of sp³-hybridized carbons (Fsp3) is 0.385. The number of nitrogens with zero attached hydrogens (tertiary/aromatic N) is 3. The third-order valence-electron chi connectivity index (χ3n) is 6.97. The van der Waals surface area contributed by atoms with Crippen molar-refractivity contribution in [1.29, 1.82) is 0 Å². The summed E-state index contributed by atoms with van der Waals surface area (Å²) in [5.74, 6) is 0. The molecule has 0 spiro atoms. The van der Waals surface area contributed by atoms with Gasteiger partial charge in [0.2, 0.25) is 20.0 Å². The molecule has 0 amide bonds. The maximum absolute atomic E-state index is 13.7. The van der Waals surface area contributed by atoms with Gasteiger partial charge in [-0.3, -0.25) is 0 Å². The minimum atomic E-state index is -3.73. The molecule has 0 radical (unpaired) electrons. The van der Waals surface area contributed by atoms with Crippen molar-refractivity contribution in [3.63, 3.8) is 0 Å². The van der Waals surface area contributed by atoms with Gasteiger partial charge in [0, 0.05) is 55.7 Å². The smallest absolute Gasteiger partial charge is 0.243 e. The van der Waals surface area contributed by atoms with Crippen LogP contribution in [0, 0.1) is 0 Å². The number of hydrogen-bond donors (Lipinski definition) is 0. The number of hydrogen-bond acceptors (Lipinski definition) is 5. The van der Waals surface area contributed by atoms with Crippen molar-refractivity contribution in [2.45, 2.75) is 47.6 Å². The van der Waals surface area contributed by atoms with Crippen molar-refractivity contribution in [2.24, 2.45) is 0 Å². The van der Waals surface area contributed by atoms with Gasteiger partial charge < -0.3 is 4.90 Å². The van der Waals surface area contributed by atoms with Crippen molar-refractivity contribution in [3.05, 3.63) is 66.7 Å². The van der Waals surface area contributed by atoms with Crippen LogP contribution in [0.4, 0.5) is 5.69 Å². The van der Waals surface area contributed by atoms with Gasteiger partial charge in [-0.25, -0.2) is 16.8 Å². The topological polar surface area (TPSA) is 78.0 Å². The number of sulfonamides is 2. The zero-order valence-corrected chi connectivity index (χ0v) is 21.7. The van der Waals surface area contributed by atoms with Crippen LogP contribution < -0.4 is 4.90 Å². The van der Waals surface area contributed by atoms with Gasteiger partial charge in [-0.2, -0.15) is 8.61 Å². The summed E-state index contributed by atoms with van der Waals surface area (Å²) < 4.78 is 57.5. The summed E-state index contributed by atoms with van der Waals surface area (Å²) >= 11 is 0. The van der Waals surface area contributed by atoms with E-state index in [2.05, 4.69) is 0 Å². The normalized spacial score (nSPS) is 18.3. The SMILES string of the molecule is CN(C)c1cccc2c(S(=O)(=O)N3CCC(N(C4CC4)S(=O)(=O)c4ccccc4)CC3)cccc12. The molecule has 3 aromatic carbocycles. The van der Waals surface area contributed by atoms with Gasteiger partial charge in [0.05, 0.1) is 9.79 Å². The predicted molar refractivity (Wildman–Crippen MR) is 139 cm³/mol. The number of fused-ring (bicyclic) bond motifs is 1. The molecule has 0 atom stereocenters. The molecule has 0 bridgehead atoms. The van der Waals surface area contributed by atoms with Crippen LogP contribution in [-0.2, 0) is 20.0 Å². The molecule has 3 aromatic rings. The summed E-state index contributed by atoms with van der Waals surface area (Å²) in [5, 5.41) is 1.59. The van der Waals surface area contributed by atoms with Gasteiger partial charge in [-0.15, -0.1) is 0 Å². The lowest BCUT2D eigenvalue weighted by molar-refractivity contribution is 0.212. The van der Waals surface area contributed by atoms with Gasteiger partial charge >= 0.3 is 0 Å². The molecule has 9 heteroatoms. The Morgan fingerprint density at radius 2 is 1.31 bits per heavy atom. The molecular weight excluding hydrogens is 482 g/mol. The maximum Gasteiger partial charge on any atom is 0.243 e. The molecule has 0 aromatic heterocycles. The number of piperidine rings is 1. The summed E-state index contributed by atoms with van der Waals surface area (Å²) in [5.41, 5.74) is 0.962. The first-order valence-electron chi connectivity index (χ1n) is 12.0. The standard InChI is InChI=1S/C26H31N3O4S2/c1-27(2)25-12-6-11-24-23(25)10-7-13-26(24)35(32,33)28-18-16-21(17-19-28)29(20-14-15-20)34(30,31)22-8-4-3-5-9-22/h3-13,20-21H,14-19H2,1-2H3. The molecule has 2 aliphatic rings. The lowest BCUT2D eigenvalue weighted by Crippen LogP contribution is -2.49. The number of rotatable bonds is 7. The molecule has 0 unspecified atom stereocenters. The molecular formula is C26H31N3O4S2. The zero-order chi connectivity index (χ0) is 24.8. The van der Waals surface area contributed by atoms with Crippen LogP contribution in [0.25, 0.3) is 10.8 Å². The second-order valence-corrected chi connectivity index (χ2v) is 13.3. The van der Waals surface area contributed by atoms with E-state index in [1.165, 1.54) is 4.31 Å². The van der Waals surface area contributed by atoms with Crippen LogP contribution in [0.15, 0.2) is 76.5 Å². The summed E-state index contributed by atoms with van der Waals surface area (Å²) in [6.07, 6.45) is 2.68. The number of anilines is 1. The van der Waals surface area contributed by atoms with E-state index < -0.39 is 20.0 Å². The van der Waals surface area contributed by atoms with E-state index in [0.717, 1.165) is 23.9 Å². The van der Waals surface area contributed by atoms with E-state index in [9.17, 15) is 16.8 Å². The van der Waals surface area contributed by atoms with E-state index in [4.69, 9.17) is 0 Å². The van der Waals surface area contributed by atoms with E-state index >= 15 is 0 Å². The van der Waals surface area contributed by atoms with Crippen molar-refractivity contribution >= 4 is 36.5 Å². The highest BCUT2D eigenvalue weighted by Crippen LogP contribution is 2.38. The van der Waals surface area contributed by atoms with E-state index in [0.29, 0.717) is 41.1 Å². The van der Waals surface area contributed by atoms with E-state index in [-0.39, 0.29) is 12.1 Å². The van der Waals surface area contributed by atoms with Crippen LogP contribution in [-0.4, -0.2) is 64.7 Å².